The molecule has 0 amide bonds. The molecule has 0 spiro atoms. The molecular formula is C21H35IN6. The van der Waals surface area contributed by atoms with Gasteiger partial charge in [0.1, 0.15) is 0 Å². The predicted molar refractivity (Wildman–Crippen MR) is 130 cm³/mol. The maximum Gasteiger partial charge on any atom is 0.193 e. The lowest BCUT2D eigenvalue weighted by atomic mass is 10.1. The van der Waals surface area contributed by atoms with Crippen LogP contribution < -0.4 is 10.2 Å². The van der Waals surface area contributed by atoms with E-state index in [2.05, 4.69) is 90.5 Å². The molecule has 0 radical (unpaired) electrons. The maximum absolute atomic E-state index is 4.60. The Labute approximate surface area is 187 Å². The predicted octanol–water partition coefficient (Wildman–Crippen LogP) is 3.69. The molecule has 0 aliphatic rings. The number of para-hydroxylation sites is 1. The smallest absolute Gasteiger partial charge is 0.193 e. The van der Waals surface area contributed by atoms with E-state index < -0.39 is 0 Å². The molecule has 1 aromatic carbocycles. The second kappa shape index (κ2) is 11.3. The number of aromatic nitrogens is 2. The first-order chi connectivity index (χ1) is 12.8. The summed E-state index contributed by atoms with van der Waals surface area (Å²) in [4.78, 5) is 8.88. The zero-order chi connectivity index (χ0) is 20.0. The molecule has 0 aliphatic carbocycles. The van der Waals surface area contributed by atoms with Crippen LogP contribution in [0.3, 0.4) is 0 Å². The molecule has 1 aromatic heterocycles. The Morgan fingerprint density at radius 1 is 1.18 bits per heavy atom. The van der Waals surface area contributed by atoms with Crippen LogP contribution in [-0.2, 0) is 13.6 Å². The van der Waals surface area contributed by atoms with E-state index in [4.69, 9.17) is 0 Å². The minimum atomic E-state index is 0. The van der Waals surface area contributed by atoms with Gasteiger partial charge in [0, 0.05) is 64.8 Å². The molecule has 1 atom stereocenters. The summed E-state index contributed by atoms with van der Waals surface area (Å²) in [5.74, 6) is 1.30. The summed E-state index contributed by atoms with van der Waals surface area (Å²) in [6, 6.07) is 10.8. The molecule has 0 fully saturated rings. The van der Waals surface area contributed by atoms with Gasteiger partial charge in [0.15, 0.2) is 5.96 Å². The molecule has 6 nitrogen and oxygen atoms in total. The topological polar surface area (TPSA) is 48.7 Å². The van der Waals surface area contributed by atoms with Crippen molar-refractivity contribution in [2.45, 2.75) is 39.3 Å². The summed E-state index contributed by atoms with van der Waals surface area (Å²) in [6.07, 6.45) is 2.10. The number of aliphatic imine (C=N–C) groups is 1. The van der Waals surface area contributed by atoms with Gasteiger partial charge >= 0.3 is 0 Å². The van der Waals surface area contributed by atoms with Crippen molar-refractivity contribution >= 4 is 35.6 Å². The van der Waals surface area contributed by atoms with E-state index in [1.54, 1.807) is 0 Å². The largest absolute Gasteiger partial charge is 0.370 e. The van der Waals surface area contributed by atoms with Crippen LogP contribution in [-0.4, -0.2) is 54.4 Å². The van der Waals surface area contributed by atoms with E-state index in [9.17, 15) is 0 Å². The number of anilines is 1. The number of rotatable bonds is 7. The monoisotopic (exact) mass is 498 g/mol. The lowest BCUT2D eigenvalue weighted by Crippen LogP contribution is -2.45. The van der Waals surface area contributed by atoms with Crippen LogP contribution in [0.1, 0.15) is 37.9 Å². The van der Waals surface area contributed by atoms with Gasteiger partial charge in [-0.3, -0.25) is 9.67 Å². The highest BCUT2D eigenvalue weighted by atomic mass is 127. The fourth-order valence-corrected chi connectivity index (χ4v) is 3.17. The number of halogens is 1. The lowest BCUT2D eigenvalue weighted by molar-refractivity contribution is 0.469. The van der Waals surface area contributed by atoms with Crippen LogP contribution in [0.4, 0.5) is 5.69 Å². The zero-order valence-electron chi connectivity index (χ0n) is 18.2. The van der Waals surface area contributed by atoms with E-state index in [0.717, 1.165) is 24.7 Å². The first-order valence-electron chi connectivity index (χ1n) is 9.55. The molecule has 0 saturated heterocycles. The standard InChI is InChI=1S/C21H34N6.HI/c1-16(2)20-18(15-26(6)24-20)14-25(5)21(22-4)23-13-17(3)27(7)19-11-9-8-10-12-19;/h8-12,15-17H,13-14H2,1-7H3,(H,22,23);1H. The summed E-state index contributed by atoms with van der Waals surface area (Å²) in [7, 11) is 8.00. The summed E-state index contributed by atoms with van der Waals surface area (Å²) in [6.45, 7) is 8.17. The highest BCUT2D eigenvalue weighted by Crippen LogP contribution is 2.18. The zero-order valence-corrected chi connectivity index (χ0v) is 20.5. The molecule has 28 heavy (non-hydrogen) atoms. The molecule has 0 aliphatic heterocycles. The quantitative estimate of drug-likeness (QED) is 0.360. The number of aryl methyl sites for hydroxylation is 1. The molecule has 2 aromatic rings. The minimum absolute atomic E-state index is 0. The number of benzene rings is 1. The molecule has 0 bridgehead atoms. The summed E-state index contributed by atoms with van der Waals surface area (Å²) in [5.41, 5.74) is 3.61. The Bertz CT molecular complexity index is 741. The highest BCUT2D eigenvalue weighted by molar-refractivity contribution is 14.0. The van der Waals surface area contributed by atoms with Crippen molar-refractivity contribution in [3.05, 3.63) is 47.8 Å². The van der Waals surface area contributed by atoms with Gasteiger partial charge in [0.2, 0.25) is 0 Å². The molecule has 1 N–H and O–H groups in total. The van der Waals surface area contributed by atoms with Crippen LogP contribution in [0.25, 0.3) is 0 Å². The number of guanidine groups is 1. The Balaban J connectivity index is 0.00000392. The van der Waals surface area contributed by atoms with E-state index >= 15 is 0 Å². The lowest BCUT2D eigenvalue weighted by Gasteiger charge is -2.29. The van der Waals surface area contributed by atoms with Crippen LogP contribution in [0.15, 0.2) is 41.5 Å². The normalized spacial score (nSPS) is 12.5. The van der Waals surface area contributed by atoms with Crippen molar-refractivity contribution in [1.82, 2.24) is 20.0 Å². The average Bonchev–Trinajstić information content (AvgIpc) is 3.02. The molecule has 156 valence electrons. The minimum Gasteiger partial charge on any atom is -0.370 e. The first kappa shape index (κ1) is 24.3. The number of nitrogens with zero attached hydrogens (tertiary/aromatic N) is 5. The molecule has 0 saturated carbocycles. The third kappa shape index (κ3) is 6.39. The van der Waals surface area contributed by atoms with Crippen LogP contribution >= 0.6 is 24.0 Å². The van der Waals surface area contributed by atoms with Crippen LogP contribution in [0.5, 0.6) is 0 Å². The van der Waals surface area contributed by atoms with E-state index in [1.165, 1.54) is 11.3 Å². The van der Waals surface area contributed by atoms with E-state index in [1.807, 2.05) is 24.8 Å². The van der Waals surface area contributed by atoms with Gasteiger partial charge in [-0.15, -0.1) is 24.0 Å². The molecule has 7 heteroatoms. The van der Waals surface area contributed by atoms with Gasteiger partial charge in [-0.2, -0.15) is 5.10 Å². The Hall–Kier alpha value is -1.77. The third-order valence-electron chi connectivity index (χ3n) is 4.85. The van der Waals surface area contributed by atoms with Gasteiger partial charge in [-0.25, -0.2) is 0 Å². The maximum atomic E-state index is 4.60. The summed E-state index contributed by atoms with van der Waals surface area (Å²) in [5, 5.41) is 8.10. The van der Waals surface area contributed by atoms with Crippen LogP contribution in [0.2, 0.25) is 0 Å². The molecular weight excluding hydrogens is 463 g/mol. The Morgan fingerprint density at radius 3 is 2.39 bits per heavy atom. The third-order valence-corrected chi connectivity index (χ3v) is 4.85. The summed E-state index contributed by atoms with van der Waals surface area (Å²) < 4.78 is 1.89. The number of hydrogen-bond acceptors (Lipinski definition) is 3. The second-order valence-corrected chi connectivity index (χ2v) is 7.45. The van der Waals surface area contributed by atoms with Crippen LogP contribution in [0, 0.1) is 0 Å². The van der Waals surface area contributed by atoms with E-state index in [0.29, 0.717) is 12.0 Å². The van der Waals surface area contributed by atoms with Crippen molar-refractivity contribution in [2.24, 2.45) is 12.0 Å². The molecule has 2 rings (SSSR count). The van der Waals surface area contributed by atoms with Crippen molar-refractivity contribution in [3.8, 4) is 0 Å². The second-order valence-electron chi connectivity index (χ2n) is 7.45. The molecule has 1 heterocycles. The number of hydrogen-bond donors (Lipinski definition) is 1. The van der Waals surface area contributed by atoms with Gasteiger partial charge in [0.25, 0.3) is 0 Å². The average molecular weight is 498 g/mol. The SMILES string of the molecule is CN=C(NCC(C)N(C)c1ccccc1)N(C)Cc1cn(C)nc1C(C)C.I. The molecule has 1 unspecified atom stereocenters. The number of nitrogens with one attached hydrogen (secondary N) is 1. The van der Waals surface area contributed by atoms with Crippen molar-refractivity contribution in [2.75, 3.05) is 32.6 Å². The van der Waals surface area contributed by atoms with Crippen molar-refractivity contribution in [3.63, 3.8) is 0 Å². The number of likely N-dealkylation sites (N-methyl/N-ethyl adjacent to an activating group) is 1. The van der Waals surface area contributed by atoms with Gasteiger partial charge < -0.3 is 15.1 Å². The fourth-order valence-electron chi connectivity index (χ4n) is 3.17. The summed E-state index contributed by atoms with van der Waals surface area (Å²) >= 11 is 0. The Morgan fingerprint density at radius 2 is 1.82 bits per heavy atom. The van der Waals surface area contributed by atoms with E-state index in [-0.39, 0.29) is 24.0 Å². The fraction of sp³-hybridized carbons (Fsp3) is 0.524. The first-order valence-corrected chi connectivity index (χ1v) is 9.55. The van der Waals surface area contributed by atoms with Gasteiger partial charge in [0.05, 0.1) is 5.69 Å². The van der Waals surface area contributed by atoms with Gasteiger partial charge in [-0.05, 0) is 25.0 Å². The van der Waals surface area contributed by atoms with Crippen molar-refractivity contribution < 1.29 is 0 Å². The highest BCUT2D eigenvalue weighted by Gasteiger charge is 2.16. The van der Waals surface area contributed by atoms with Gasteiger partial charge in [-0.1, -0.05) is 32.0 Å². The Kier molecular flexibility index (Phi) is 9.78. The van der Waals surface area contributed by atoms with Crippen molar-refractivity contribution in [1.29, 1.82) is 0 Å².